The SMILES string of the molecule is O=C(N[C@H]1CC[C@@H](C(=O)O)C1)C1CSCN1C(=O)c1c[nH]c2ccccc12. The Morgan fingerprint density at radius 2 is 2.04 bits per heavy atom. The maximum absolute atomic E-state index is 13.1. The summed E-state index contributed by atoms with van der Waals surface area (Å²) in [6.45, 7) is 0. The Morgan fingerprint density at radius 1 is 1.22 bits per heavy atom. The van der Waals surface area contributed by atoms with E-state index in [1.54, 1.807) is 22.9 Å². The Balaban J connectivity index is 1.46. The van der Waals surface area contributed by atoms with Crippen LogP contribution in [0.5, 0.6) is 0 Å². The van der Waals surface area contributed by atoms with E-state index in [2.05, 4.69) is 10.3 Å². The van der Waals surface area contributed by atoms with Gasteiger partial charge in [-0.3, -0.25) is 14.4 Å². The molecule has 142 valence electrons. The van der Waals surface area contributed by atoms with Gasteiger partial charge in [-0.1, -0.05) is 18.2 Å². The number of nitrogens with one attached hydrogen (secondary N) is 2. The number of aliphatic carboxylic acids is 1. The van der Waals surface area contributed by atoms with E-state index in [9.17, 15) is 14.4 Å². The number of hydrogen-bond donors (Lipinski definition) is 3. The predicted molar refractivity (Wildman–Crippen MR) is 102 cm³/mol. The lowest BCUT2D eigenvalue weighted by Crippen LogP contribution is -2.49. The molecular formula is C19H21N3O4S. The van der Waals surface area contributed by atoms with E-state index in [4.69, 9.17) is 5.11 Å². The quantitative estimate of drug-likeness (QED) is 0.745. The Kier molecular flexibility index (Phi) is 4.82. The van der Waals surface area contributed by atoms with Crippen molar-refractivity contribution in [2.45, 2.75) is 31.3 Å². The fourth-order valence-corrected chi connectivity index (χ4v) is 5.05. The number of nitrogens with zero attached hydrogens (tertiary/aromatic N) is 1. The van der Waals surface area contributed by atoms with Gasteiger partial charge in [-0.05, 0) is 25.3 Å². The first-order valence-corrected chi connectivity index (χ1v) is 10.2. The largest absolute Gasteiger partial charge is 0.481 e. The van der Waals surface area contributed by atoms with Crippen molar-refractivity contribution in [1.29, 1.82) is 0 Å². The Labute approximate surface area is 160 Å². The zero-order chi connectivity index (χ0) is 19.0. The van der Waals surface area contributed by atoms with Crippen LogP contribution >= 0.6 is 11.8 Å². The van der Waals surface area contributed by atoms with Gasteiger partial charge in [0.05, 0.1) is 17.4 Å². The van der Waals surface area contributed by atoms with Gasteiger partial charge < -0.3 is 20.3 Å². The molecular weight excluding hydrogens is 366 g/mol. The lowest BCUT2D eigenvalue weighted by Gasteiger charge is -2.24. The summed E-state index contributed by atoms with van der Waals surface area (Å²) < 4.78 is 0. The zero-order valence-corrected chi connectivity index (χ0v) is 15.5. The molecule has 0 spiro atoms. The Bertz CT molecular complexity index is 896. The minimum absolute atomic E-state index is 0.130. The third kappa shape index (κ3) is 3.41. The highest BCUT2D eigenvalue weighted by Crippen LogP contribution is 2.29. The summed E-state index contributed by atoms with van der Waals surface area (Å²) in [4.78, 5) is 41.6. The summed E-state index contributed by atoms with van der Waals surface area (Å²) in [5, 5.41) is 12.9. The minimum atomic E-state index is -0.806. The van der Waals surface area contributed by atoms with Crippen LogP contribution in [-0.4, -0.2) is 56.5 Å². The van der Waals surface area contributed by atoms with E-state index in [-0.39, 0.29) is 17.9 Å². The molecule has 2 fully saturated rings. The number of H-pyrrole nitrogens is 1. The van der Waals surface area contributed by atoms with E-state index in [0.29, 0.717) is 36.5 Å². The van der Waals surface area contributed by atoms with Gasteiger partial charge in [0.2, 0.25) is 5.91 Å². The summed E-state index contributed by atoms with van der Waals surface area (Å²) in [5.41, 5.74) is 1.46. The molecule has 0 bridgehead atoms. The highest BCUT2D eigenvalue weighted by molar-refractivity contribution is 7.99. The van der Waals surface area contributed by atoms with Gasteiger partial charge in [0.25, 0.3) is 5.91 Å². The van der Waals surface area contributed by atoms with Crippen LogP contribution in [0.15, 0.2) is 30.5 Å². The molecule has 1 aromatic carbocycles. The molecule has 2 amide bonds. The number of rotatable bonds is 4. The molecule has 1 aromatic heterocycles. The van der Waals surface area contributed by atoms with Gasteiger partial charge >= 0.3 is 5.97 Å². The summed E-state index contributed by atoms with van der Waals surface area (Å²) >= 11 is 1.55. The number of carbonyl (C=O) groups is 3. The summed E-state index contributed by atoms with van der Waals surface area (Å²) in [6, 6.07) is 6.93. The summed E-state index contributed by atoms with van der Waals surface area (Å²) in [5.74, 6) is -0.526. The van der Waals surface area contributed by atoms with Crippen molar-refractivity contribution in [2.75, 3.05) is 11.6 Å². The molecule has 1 aliphatic heterocycles. The van der Waals surface area contributed by atoms with Gasteiger partial charge in [-0.2, -0.15) is 0 Å². The summed E-state index contributed by atoms with van der Waals surface area (Å²) in [7, 11) is 0. The molecule has 0 radical (unpaired) electrons. The third-order valence-corrected chi connectivity index (χ3v) is 6.41. The van der Waals surface area contributed by atoms with Crippen molar-refractivity contribution in [1.82, 2.24) is 15.2 Å². The molecule has 4 rings (SSSR count). The predicted octanol–water partition coefficient (Wildman–Crippen LogP) is 2.05. The highest BCUT2D eigenvalue weighted by Gasteiger charge is 2.38. The van der Waals surface area contributed by atoms with Crippen LogP contribution in [0.1, 0.15) is 29.6 Å². The van der Waals surface area contributed by atoms with Crippen LogP contribution < -0.4 is 5.32 Å². The summed E-state index contributed by atoms with van der Waals surface area (Å²) in [6.07, 6.45) is 3.40. The number of carboxylic acid groups (broad SMARTS) is 1. The molecule has 2 heterocycles. The molecule has 27 heavy (non-hydrogen) atoms. The first kappa shape index (κ1) is 17.9. The third-order valence-electron chi connectivity index (χ3n) is 5.39. The second-order valence-electron chi connectivity index (χ2n) is 7.09. The van der Waals surface area contributed by atoms with Crippen molar-refractivity contribution in [3.8, 4) is 0 Å². The fourth-order valence-electron chi connectivity index (χ4n) is 3.90. The molecule has 8 heteroatoms. The number of aromatic amines is 1. The number of para-hydroxylation sites is 1. The normalized spacial score (nSPS) is 25.0. The molecule has 3 atom stereocenters. The fraction of sp³-hybridized carbons (Fsp3) is 0.421. The van der Waals surface area contributed by atoms with Crippen LogP contribution in [0.4, 0.5) is 0 Å². The number of fused-ring (bicyclic) bond motifs is 1. The minimum Gasteiger partial charge on any atom is -0.481 e. The second kappa shape index (κ2) is 7.26. The zero-order valence-electron chi connectivity index (χ0n) is 14.7. The second-order valence-corrected chi connectivity index (χ2v) is 8.09. The number of benzene rings is 1. The lowest BCUT2D eigenvalue weighted by atomic mass is 10.1. The van der Waals surface area contributed by atoms with Gasteiger partial charge in [-0.15, -0.1) is 11.8 Å². The number of amides is 2. The lowest BCUT2D eigenvalue weighted by molar-refractivity contribution is -0.141. The monoisotopic (exact) mass is 387 g/mol. The number of aromatic nitrogens is 1. The molecule has 3 N–H and O–H groups in total. The molecule has 7 nitrogen and oxygen atoms in total. The Hall–Kier alpha value is -2.48. The van der Waals surface area contributed by atoms with Gasteiger partial charge in [0.15, 0.2) is 0 Å². The first-order valence-electron chi connectivity index (χ1n) is 9.02. The molecule has 1 unspecified atom stereocenters. The molecule has 1 saturated heterocycles. The topological polar surface area (TPSA) is 102 Å². The number of carbonyl (C=O) groups excluding carboxylic acids is 2. The van der Waals surface area contributed by atoms with E-state index in [1.165, 1.54) is 0 Å². The average Bonchev–Trinajstić information content (AvgIpc) is 3.39. The van der Waals surface area contributed by atoms with Crippen LogP contribution in [0, 0.1) is 5.92 Å². The standard InChI is InChI=1S/C19H21N3O4S/c23-17(21-12-6-5-11(7-12)19(25)26)16-9-27-10-22(16)18(24)14-8-20-15-4-2-1-3-13(14)15/h1-4,8,11-12,16,20H,5-7,9-10H2,(H,21,23)(H,25,26)/t11-,12+,16?/m1/s1. The van der Waals surface area contributed by atoms with Crippen LogP contribution in [0.3, 0.4) is 0 Å². The van der Waals surface area contributed by atoms with Crippen molar-refractivity contribution in [2.24, 2.45) is 5.92 Å². The molecule has 1 saturated carbocycles. The Morgan fingerprint density at radius 3 is 2.81 bits per heavy atom. The van der Waals surface area contributed by atoms with E-state index in [1.807, 2.05) is 24.3 Å². The van der Waals surface area contributed by atoms with E-state index < -0.39 is 17.9 Å². The maximum atomic E-state index is 13.1. The highest BCUT2D eigenvalue weighted by atomic mass is 32.2. The number of thioether (sulfide) groups is 1. The number of hydrogen-bond acceptors (Lipinski definition) is 4. The average molecular weight is 387 g/mol. The molecule has 1 aliphatic carbocycles. The van der Waals surface area contributed by atoms with E-state index >= 15 is 0 Å². The number of carboxylic acids is 1. The van der Waals surface area contributed by atoms with Gasteiger partial charge in [-0.25, -0.2) is 0 Å². The van der Waals surface area contributed by atoms with Crippen molar-refractivity contribution < 1.29 is 19.5 Å². The van der Waals surface area contributed by atoms with E-state index in [0.717, 1.165) is 10.9 Å². The van der Waals surface area contributed by atoms with Crippen LogP contribution in [-0.2, 0) is 9.59 Å². The van der Waals surface area contributed by atoms with Crippen molar-refractivity contribution in [3.05, 3.63) is 36.0 Å². The maximum Gasteiger partial charge on any atom is 0.306 e. The molecule has 2 aliphatic rings. The van der Waals surface area contributed by atoms with Crippen molar-refractivity contribution >= 4 is 40.4 Å². The van der Waals surface area contributed by atoms with Crippen molar-refractivity contribution in [3.63, 3.8) is 0 Å². The smallest absolute Gasteiger partial charge is 0.306 e. The van der Waals surface area contributed by atoms with Gasteiger partial charge in [0, 0.05) is 28.9 Å². The van der Waals surface area contributed by atoms with Gasteiger partial charge in [0.1, 0.15) is 6.04 Å². The van der Waals surface area contributed by atoms with Crippen LogP contribution in [0.25, 0.3) is 10.9 Å². The van der Waals surface area contributed by atoms with Crippen LogP contribution in [0.2, 0.25) is 0 Å². The molecule has 2 aromatic rings. The first-order chi connectivity index (χ1) is 13.0.